The van der Waals surface area contributed by atoms with E-state index < -0.39 is 10.9 Å². The van der Waals surface area contributed by atoms with Crippen LogP contribution in [0.25, 0.3) is 0 Å². The minimum Gasteiger partial charge on any atom is -0.486 e. The van der Waals surface area contributed by atoms with Crippen molar-refractivity contribution in [3.05, 3.63) is 57.6 Å². The number of hydrogen-bond donors (Lipinski definition) is 0. The van der Waals surface area contributed by atoms with Crippen LogP contribution in [0.15, 0.2) is 41.4 Å². The van der Waals surface area contributed by atoms with E-state index >= 15 is 0 Å². The van der Waals surface area contributed by atoms with Crippen LogP contribution in [-0.2, 0) is 4.74 Å². The second-order valence-corrected chi connectivity index (χ2v) is 5.08. The van der Waals surface area contributed by atoms with Crippen LogP contribution in [0.1, 0.15) is 15.9 Å². The van der Waals surface area contributed by atoms with E-state index in [1.165, 1.54) is 31.5 Å². The van der Waals surface area contributed by atoms with Gasteiger partial charge in [-0.15, -0.1) is 0 Å². The highest BCUT2D eigenvalue weighted by molar-refractivity contribution is 5.99. The first-order valence-corrected chi connectivity index (χ1v) is 7.39. The summed E-state index contributed by atoms with van der Waals surface area (Å²) in [5, 5.41) is 11.4. The van der Waals surface area contributed by atoms with Gasteiger partial charge in [-0.2, -0.15) is 0 Å². The van der Waals surface area contributed by atoms with Crippen LogP contribution in [0.3, 0.4) is 0 Å². The standard InChI is InChI=1S/C17H14N2O6/c1-23-17(20)13-4-2-3-11(16(13)19(21)22)10-18-12-5-6-14-15(9-12)25-8-7-24-14/h2-6,9-10H,7-8H2,1H3. The van der Waals surface area contributed by atoms with Gasteiger partial charge in [0.15, 0.2) is 11.5 Å². The fraction of sp³-hybridized carbons (Fsp3) is 0.176. The Morgan fingerprint density at radius 3 is 2.72 bits per heavy atom. The molecule has 0 aromatic heterocycles. The monoisotopic (exact) mass is 342 g/mol. The summed E-state index contributed by atoms with van der Waals surface area (Å²) in [5.41, 5.74) is 0.263. The van der Waals surface area contributed by atoms with Crippen LogP contribution in [0.5, 0.6) is 11.5 Å². The first-order valence-electron chi connectivity index (χ1n) is 7.39. The Balaban J connectivity index is 1.96. The number of benzene rings is 2. The van der Waals surface area contributed by atoms with Crippen LogP contribution in [0, 0.1) is 10.1 Å². The normalized spacial score (nSPS) is 12.8. The summed E-state index contributed by atoms with van der Waals surface area (Å²) >= 11 is 0. The molecule has 8 heteroatoms. The Kier molecular flexibility index (Phi) is 4.60. The number of carbonyl (C=O) groups is 1. The van der Waals surface area contributed by atoms with Crippen molar-refractivity contribution in [2.75, 3.05) is 20.3 Å². The first kappa shape index (κ1) is 16.4. The van der Waals surface area contributed by atoms with E-state index in [1.807, 2.05) is 0 Å². The molecule has 25 heavy (non-hydrogen) atoms. The van der Waals surface area contributed by atoms with Crippen molar-refractivity contribution in [3.8, 4) is 11.5 Å². The molecule has 0 N–H and O–H groups in total. The molecule has 1 aliphatic rings. The lowest BCUT2D eigenvalue weighted by Gasteiger charge is -2.18. The van der Waals surface area contributed by atoms with Gasteiger partial charge < -0.3 is 14.2 Å². The fourth-order valence-corrected chi connectivity index (χ4v) is 2.40. The molecule has 0 saturated carbocycles. The maximum absolute atomic E-state index is 11.7. The topological polar surface area (TPSA) is 100 Å². The van der Waals surface area contributed by atoms with Crippen molar-refractivity contribution in [1.82, 2.24) is 0 Å². The number of ether oxygens (including phenoxy) is 3. The average molecular weight is 342 g/mol. The van der Waals surface area contributed by atoms with Gasteiger partial charge in [0.25, 0.3) is 5.69 Å². The Bertz CT molecular complexity index is 862. The molecular formula is C17H14N2O6. The molecule has 8 nitrogen and oxygen atoms in total. The number of nitro benzene ring substituents is 1. The second kappa shape index (κ2) is 7.00. The molecule has 0 radical (unpaired) electrons. The fourth-order valence-electron chi connectivity index (χ4n) is 2.40. The van der Waals surface area contributed by atoms with Crippen LogP contribution >= 0.6 is 0 Å². The summed E-state index contributed by atoms with van der Waals surface area (Å²) in [6, 6.07) is 9.49. The second-order valence-electron chi connectivity index (χ2n) is 5.08. The van der Waals surface area contributed by atoms with E-state index in [1.54, 1.807) is 18.2 Å². The molecule has 0 aliphatic carbocycles. The van der Waals surface area contributed by atoms with Gasteiger partial charge in [-0.1, -0.05) is 6.07 Å². The van der Waals surface area contributed by atoms with Gasteiger partial charge in [-0.3, -0.25) is 15.1 Å². The van der Waals surface area contributed by atoms with Gasteiger partial charge in [0.2, 0.25) is 0 Å². The van der Waals surface area contributed by atoms with E-state index in [2.05, 4.69) is 9.73 Å². The third-order valence-corrected chi connectivity index (χ3v) is 3.53. The van der Waals surface area contributed by atoms with Gasteiger partial charge in [0, 0.05) is 12.3 Å². The van der Waals surface area contributed by atoms with E-state index in [0.717, 1.165) is 0 Å². The lowest BCUT2D eigenvalue weighted by Crippen LogP contribution is -2.14. The van der Waals surface area contributed by atoms with Crippen molar-refractivity contribution >= 4 is 23.6 Å². The van der Waals surface area contributed by atoms with Gasteiger partial charge >= 0.3 is 5.97 Å². The van der Waals surface area contributed by atoms with Crippen molar-refractivity contribution in [2.24, 2.45) is 4.99 Å². The van der Waals surface area contributed by atoms with E-state index in [-0.39, 0.29) is 16.8 Å². The quantitative estimate of drug-likeness (QED) is 0.366. The summed E-state index contributed by atoms with van der Waals surface area (Å²) in [6.07, 6.45) is 1.33. The highest BCUT2D eigenvalue weighted by Crippen LogP contribution is 2.33. The van der Waals surface area contributed by atoms with Gasteiger partial charge in [0.05, 0.1) is 23.3 Å². The highest BCUT2D eigenvalue weighted by Gasteiger charge is 2.24. The molecule has 3 rings (SSSR count). The average Bonchev–Trinajstić information content (AvgIpc) is 2.65. The zero-order chi connectivity index (χ0) is 17.8. The summed E-state index contributed by atoms with van der Waals surface area (Å²) < 4.78 is 15.5. The molecule has 0 amide bonds. The molecule has 0 atom stereocenters. The van der Waals surface area contributed by atoms with Crippen LogP contribution in [0.2, 0.25) is 0 Å². The predicted octanol–water partition coefficient (Wildman–Crippen LogP) is 2.90. The zero-order valence-corrected chi connectivity index (χ0v) is 13.3. The first-order chi connectivity index (χ1) is 12.1. The maximum Gasteiger partial charge on any atom is 0.344 e. The predicted molar refractivity (Wildman–Crippen MR) is 89.1 cm³/mol. The summed E-state index contributed by atoms with van der Waals surface area (Å²) in [4.78, 5) is 26.7. The number of aliphatic imine (C=N–C) groups is 1. The van der Waals surface area contributed by atoms with Crippen molar-refractivity contribution in [1.29, 1.82) is 0 Å². The summed E-state index contributed by atoms with van der Waals surface area (Å²) in [7, 11) is 1.17. The largest absolute Gasteiger partial charge is 0.486 e. The minimum absolute atomic E-state index is 0.126. The number of fused-ring (bicyclic) bond motifs is 1. The molecular weight excluding hydrogens is 328 g/mol. The third kappa shape index (κ3) is 3.42. The number of para-hydroxylation sites is 1. The molecule has 0 unspecified atom stereocenters. The lowest BCUT2D eigenvalue weighted by molar-refractivity contribution is -0.385. The minimum atomic E-state index is -0.777. The number of rotatable bonds is 4. The number of hydrogen-bond acceptors (Lipinski definition) is 7. The van der Waals surface area contributed by atoms with Gasteiger partial charge in [-0.25, -0.2) is 4.79 Å². The third-order valence-electron chi connectivity index (χ3n) is 3.53. The molecule has 2 aromatic carbocycles. The SMILES string of the molecule is COC(=O)c1cccc(C=Nc2ccc3c(c2)OCCO3)c1[N+](=O)[O-]. The molecule has 128 valence electrons. The maximum atomic E-state index is 11.7. The van der Waals surface area contributed by atoms with Gasteiger partial charge in [-0.05, 0) is 24.3 Å². The zero-order valence-electron chi connectivity index (χ0n) is 13.3. The van der Waals surface area contributed by atoms with Crippen LogP contribution < -0.4 is 9.47 Å². The number of carbonyl (C=O) groups excluding carboxylic acids is 1. The molecule has 2 aromatic rings. The Hall–Kier alpha value is -3.42. The molecule has 1 heterocycles. The Morgan fingerprint density at radius 1 is 1.24 bits per heavy atom. The molecule has 0 bridgehead atoms. The molecule has 0 fully saturated rings. The van der Waals surface area contributed by atoms with Crippen molar-refractivity contribution in [3.63, 3.8) is 0 Å². The van der Waals surface area contributed by atoms with Crippen LogP contribution in [0.4, 0.5) is 11.4 Å². The van der Waals surface area contributed by atoms with Crippen LogP contribution in [-0.4, -0.2) is 37.4 Å². The van der Waals surface area contributed by atoms with Gasteiger partial charge in [0.1, 0.15) is 18.8 Å². The number of nitrogens with zero attached hydrogens (tertiary/aromatic N) is 2. The number of nitro groups is 1. The smallest absolute Gasteiger partial charge is 0.344 e. The molecule has 0 saturated heterocycles. The Labute approximate surface area is 142 Å². The van der Waals surface area contributed by atoms with E-state index in [4.69, 9.17) is 9.47 Å². The summed E-state index contributed by atoms with van der Waals surface area (Å²) in [6.45, 7) is 0.939. The highest BCUT2D eigenvalue weighted by atomic mass is 16.6. The van der Waals surface area contributed by atoms with E-state index in [9.17, 15) is 14.9 Å². The van der Waals surface area contributed by atoms with Crippen molar-refractivity contribution < 1.29 is 23.9 Å². The molecule has 0 spiro atoms. The number of methoxy groups -OCH3 is 1. The lowest BCUT2D eigenvalue weighted by atomic mass is 10.1. The number of esters is 1. The van der Waals surface area contributed by atoms with Crippen molar-refractivity contribution in [2.45, 2.75) is 0 Å². The molecule has 1 aliphatic heterocycles. The summed E-state index contributed by atoms with van der Waals surface area (Å²) in [5.74, 6) is 0.420. The Morgan fingerprint density at radius 2 is 2.00 bits per heavy atom. The van der Waals surface area contributed by atoms with E-state index in [0.29, 0.717) is 30.4 Å².